The van der Waals surface area contributed by atoms with Gasteiger partial charge in [-0.3, -0.25) is 9.69 Å². The molecule has 34 heavy (non-hydrogen) atoms. The summed E-state index contributed by atoms with van der Waals surface area (Å²) in [6.45, 7) is 16.0. The average Bonchev–Trinajstić information content (AvgIpc) is 3.04. The van der Waals surface area contributed by atoms with Crippen molar-refractivity contribution in [2.45, 2.75) is 39.8 Å². The summed E-state index contributed by atoms with van der Waals surface area (Å²) in [6, 6.07) is 6.35. The summed E-state index contributed by atoms with van der Waals surface area (Å²) in [5.74, 6) is -0.934. The smallest absolute Gasteiger partial charge is 0.242 e. The minimum atomic E-state index is -0.654. The number of hydrogen-bond donors (Lipinski definition) is 2. The van der Waals surface area contributed by atoms with Crippen LogP contribution in [0.3, 0.4) is 0 Å². The molecule has 1 aliphatic heterocycles. The Hall–Kier alpha value is -1.99. The van der Waals surface area contributed by atoms with Gasteiger partial charge >= 0.3 is 0 Å². The SMILES string of the molecule is C=C(Cl)/C=C\C=C(/F)C1C(C(=O)Nc2cccc(Cl)c2)N(CC(C)C)[C@@H](C)[C@H]1CNCC.C=O. The Balaban J connectivity index is 0.00000281. The van der Waals surface area contributed by atoms with E-state index in [2.05, 4.69) is 42.9 Å². The second-order valence-corrected chi connectivity index (χ2v) is 9.55. The summed E-state index contributed by atoms with van der Waals surface area (Å²) < 4.78 is 15.6. The normalized spacial score (nSPS) is 23.1. The molecule has 0 saturated carbocycles. The van der Waals surface area contributed by atoms with E-state index in [4.69, 9.17) is 28.0 Å². The molecule has 1 fully saturated rings. The molecule has 0 aromatic heterocycles. The van der Waals surface area contributed by atoms with Crippen molar-refractivity contribution in [2.75, 3.05) is 25.0 Å². The van der Waals surface area contributed by atoms with Gasteiger partial charge < -0.3 is 15.4 Å². The quantitative estimate of drug-likeness (QED) is 0.388. The molecule has 1 saturated heterocycles. The van der Waals surface area contributed by atoms with Crippen LogP contribution in [-0.2, 0) is 9.59 Å². The van der Waals surface area contributed by atoms with Crippen molar-refractivity contribution in [3.05, 3.63) is 65.0 Å². The lowest BCUT2D eigenvalue weighted by Crippen LogP contribution is -2.46. The number of hydrogen-bond acceptors (Lipinski definition) is 4. The summed E-state index contributed by atoms with van der Waals surface area (Å²) in [5.41, 5.74) is 0.594. The first-order chi connectivity index (χ1) is 16.1. The molecule has 2 unspecified atom stereocenters. The molecule has 0 bridgehead atoms. The zero-order chi connectivity index (χ0) is 25.8. The maximum absolute atomic E-state index is 15.6. The van der Waals surface area contributed by atoms with Gasteiger partial charge in [0.15, 0.2) is 0 Å². The molecule has 0 aliphatic carbocycles. The van der Waals surface area contributed by atoms with Gasteiger partial charge in [-0.25, -0.2) is 4.39 Å². The number of amides is 1. The number of benzene rings is 1. The van der Waals surface area contributed by atoms with Crippen LogP contribution in [0.5, 0.6) is 0 Å². The van der Waals surface area contributed by atoms with Crippen LogP contribution in [-0.4, -0.2) is 49.3 Å². The van der Waals surface area contributed by atoms with Crippen LogP contribution in [0, 0.1) is 17.8 Å². The first-order valence-electron chi connectivity index (χ1n) is 11.4. The first kappa shape index (κ1) is 30.0. The lowest BCUT2D eigenvalue weighted by atomic mass is 9.85. The molecule has 2 rings (SSSR count). The fourth-order valence-corrected chi connectivity index (χ4v) is 4.62. The summed E-state index contributed by atoms with van der Waals surface area (Å²) in [6.07, 6.45) is 4.46. The van der Waals surface area contributed by atoms with Gasteiger partial charge in [-0.15, -0.1) is 0 Å². The predicted octanol–water partition coefficient (Wildman–Crippen LogP) is 5.83. The Morgan fingerprint density at radius 3 is 2.56 bits per heavy atom. The Morgan fingerprint density at radius 1 is 1.32 bits per heavy atom. The van der Waals surface area contributed by atoms with Gasteiger partial charge in [0.1, 0.15) is 12.6 Å². The predicted molar refractivity (Wildman–Crippen MR) is 141 cm³/mol. The van der Waals surface area contributed by atoms with E-state index in [-0.39, 0.29) is 23.7 Å². The molecule has 1 heterocycles. The Labute approximate surface area is 213 Å². The molecule has 1 amide bonds. The zero-order valence-electron chi connectivity index (χ0n) is 20.4. The summed E-state index contributed by atoms with van der Waals surface area (Å²) in [5, 5.41) is 7.14. The number of nitrogens with zero attached hydrogens (tertiary/aromatic N) is 1. The van der Waals surface area contributed by atoms with E-state index in [1.165, 1.54) is 18.2 Å². The molecule has 0 spiro atoms. The van der Waals surface area contributed by atoms with Gasteiger partial charge in [-0.05, 0) is 55.7 Å². The van der Waals surface area contributed by atoms with Crippen molar-refractivity contribution in [2.24, 2.45) is 17.8 Å². The summed E-state index contributed by atoms with van der Waals surface area (Å²) in [7, 11) is 0. The molecule has 188 valence electrons. The van der Waals surface area contributed by atoms with Gasteiger partial charge in [0.25, 0.3) is 0 Å². The van der Waals surface area contributed by atoms with Crippen molar-refractivity contribution >= 4 is 41.6 Å². The maximum atomic E-state index is 15.6. The lowest BCUT2D eigenvalue weighted by Gasteiger charge is -2.30. The number of carbonyl (C=O) groups is 2. The highest BCUT2D eigenvalue weighted by atomic mass is 35.5. The number of nitrogens with one attached hydrogen (secondary N) is 2. The first-order valence-corrected chi connectivity index (χ1v) is 12.1. The highest BCUT2D eigenvalue weighted by Crippen LogP contribution is 2.41. The van der Waals surface area contributed by atoms with Crippen molar-refractivity contribution in [1.29, 1.82) is 0 Å². The fraction of sp³-hybridized carbons (Fsp3) is 0.462. The van der Waals surface area contributed by atoms with Crippen molar-refractivity contribution in [1.82, 2.24) is 10.2 Å². The third-order valence-corrected chi connectivity index (χ3v) is 6.08. The third-order valence-electron chi connectivity index (χ3n) is 5.72. The topological polar surface area (TPSA) is 61.4 Å². The number of likely N-dealkylation sites (tertiary alicyclic amines) is 1. The van der Waals surface area contributed by atoms with E-state index < -0.39 is 12.0 Å². The van der Waals surface area contributed by atoms with E-state index in [9.17, 15) is 4.79 Å². The van der Waals surface area contributed by atoms with Gasteiger partial charge in [0, 0.05) is 40.8 Å². The Kier molecular flexibility index (Phi) is 13.3. The van der Waals surface area contributed by atoms with Gasteiger partial charge in [-0.1, -0.05) is 62.7 Å². The highest BCUT2D eigenvalue weighted by Gasteiger charge is 2.51. The molecular weight excluding hydrogens is 476 g/mol. The molecule has 1 aromatic carbocycles. The van der Waals surface area contributed by atoms with Crippen LogP contribution in [0.15, 0.2) is 59.9 Å². The minimum Gasteiger partial charge on any atom is -0.325 e. The van der Waals surface area contributed by atoms with E-state index in [1.807, 2.05) is 13.7 Å². The second-order valence-electron chi connectivity index (χ2n) is 8.63. The second kappa shape index (κ2) is 15.1. The van der Waals surface area contributed by atoms with Gasteiger partial charge in [-0.2, -0.15) is 0 Å². The molecule has 4 atom stereocenters. The van der Waals surface area contributed by atoms with Crippen LogP contribution in [0.2, 0.25) is 5.02 Å². The number of rotatable bonds is 10. The van der Waals surface area contributed by atoms with Gasteiger partial charge in [0.2, 0.25) is 5.91 Å². The summed E-state index contributed by atoms with van der Waals surface area (Å²) in [4.78, 5) is 23.7. The van der Waals surface area contributed by atoms with E-state index in [0.717, 1.165) is 6.54 Å². The lowest BCUT2D eigenvalue weighted by molar-refractivity contribution is -0.121. The fourth-order valence-electron chi connectivity index (χ4n) is 4.36. The largest absolute Gasteiger partial charge is 0.325 e. The van der Waals surface area contributed by atoms with Crippen LogP contribution in [0.4, 0.5) is 10.1 Å². The van der Waals surface area contributed by atoms with Gasteiger partial charge in [0.05, 0.1) is 6.04 Å². The average molecular weight is 512 g/mol. The Bertz CT molecular complexity index is 875. The molecule has 1 aliphatic rings. The Morgan fingerprint density at radius 2 is 2.00 bits per heavy atom. The molecule has 1 aromatic rings. The monoisotopic (exact) mass is 511 g/mol. The number of carbonyl (C=O) groups excluding carboxylic acids is 2. The van der Waals surface area contributed by atoms with Crippen molar-refractivity contribution < 1.29 is 14.0 Å². The number of allylic oxidation sites excluding steroid dienone is 4. The van der Waals surface area contributed by atoms with Crippen LogP contribution in [0.1, 0.15) is 27.7 Å². The molecular formula is C26H36Cl2FN3O2. The molecule has 0 radical (unpaired) electrons. The molecule has 2 N–H and O–H groups in total. The number of halogens is 3. The van der Waals surface area contributed by atoms with E-state index in [0.29, 0.717) is 34.7 Å². The zero-order valence-corrected chi connectivity index (χ0v) is 21.9. The third kappa shape index (κ3) is 8.66. The highest BCUT2D eigenvalue weighted by molar-refractivity contribution is 6.31. The van der Waals surface area contributed by atoms with Crippen LogP contribution >= 0.6 is 23.2 Å². The summed E-state index contributed by atoms with van der Waals surface area (Å²) >= 11 is 11.9. The standard InChI is InChI=1S/C25H34Cl2FN3O.CH2O/c1-6-29-14-21-18(5)31(15-16(2)3)24(23(21)22(28)12-7-9-17(4)26)25(32)30-20-11-8-10-19(27)13-20;1-2/h7-13,16,18,21,23-24,29H,4,6,14-15H2,1-3,5H3,(H,30,32);1H2/b9-7-,22-12-;/t18-,21+,23?,24?;/m0./s1. The van der Waals surface area contributed by atoms with E-state index in [1.54, 1.807) is 24.3 Å². The van der Waals surface area contributed by atoms with Crippen LogP contribution < -0.4 is 10.6 Å². The molecule has 8 heteroatoms. The minimum absolute atomic E-state index is 0.0164. The maximum Gasteiger partial charge on any atom is 0.242 e. The van der Waals surface area contributed by atoms with Crippen LogP contribution in [0.25, 0.3) is 0 Å². The molecule has 5 nitrogen and oxygen atoms in total. The van der Waals surface area contributed by atoms with Crippen molar-refractivity contribution in [3.63, 3.8) is 0 Å². The van der Waals surface area contributed by atoms with Crippen molar-refractivity contribution in [3.8, 4) is 0 Å². The number of anilines is 1. The van der Waals surface area contributed by atoms with E-state index >= 15 is 4.39 Å².